The van der Waals surface area contributed by atoms with Crippen molar-refractivity contribution in [2.24, 2.45) is 7.05 Å². The molecule has 0 saturated heterocycles. The number of aryl methyl sites for hydroxylation is 4. The highest BCUT2D eigenvalue weighted by atomic mass is 16.4. The molecule has 146 valence electrons. The molecule has 0 aliphatic carbocycles. The van der Waals surface area contributed by atoms with Gasteiger partial charge in [-0.25, -0.2) is 4.98 Å². The molecule has 0 spiro atoms. The predicted molar refractivity (Wildman–Crippen MR) is 106 cm³/mol. The highest BCUT2D eigenvalue weighted by molar-refractivity contribution is 5.93. The third-order valence-corrected chi connectivity index (χ3v) is 4.75. The van der Waals surface area contributed by atoms with Gasteiger partial charge in [0.05, 0.1) is 11.8 Å². The zero-order valence-electron chi connectivity index (χ0n) is 16.0. The monoisotopic (exact) mass is 382 g/mol. The van der Waals surface area contributed by atoms with Crippen LogP contribution in [-0.2, 0) is 29.5 Å². The first-order valence-electron chi connectivity index (χ1n) is 8.91. The van der Waals surface area contributed by atoms with Crippen molar-refractivity contribution in [1.82, 2.24) is 14.8 Å². The van der Waals surface area contributed by atoms with Gasteiger partial charge in [-0.05, 0) is 49.1 Å². The zero-order valence-corrected chi connectivity index (χ0v) is 16.0. The van der Waals surface area contributed by atoms with Gasteiger partial charge >= 0.3 is 5.97 Å². The molecule has 8 heteroatoms. The number of aromatic amines is 1. The number of carboxylic acid groups (broad SMARTS) is 1. The molecule has 0 radical (unpaired) electrons. The van der Waals surface area contributed by atoms with Crippen LogP contribution in [0.5, 0.6) is 0 Å². The molecule has 0 atom stereocenters. The van der Waals surface area contributed by atoms with Gasteiger partial charge in [-0.15, -0.1) is 0 Å². The number of hydrogen-bond donors (Lipinski definition) is 3. The van der Waals surface area contributed by atoms with Crippen LogP contribution in [0.2, 0.25) is 0 Å². The first kappa shape index (κ1) is 19.3. The van der Waals surface area contributed by atoms with Gasteiger partial charge in [-0.1, -0.05) is 12.1 Å². The SMILES string of the molecule is Cc1nc2c(c(C)c1CC(=O)Nc1cccc(CCC(=O)O)c1)c(=O)[nH]n2C. The van der Waals surface area contributed by atoms with E-state index in [1.807, 2.05) is 19.9 Å². The summed E-state index contributed by atoms with van der Waals surface area (Å²) in [6.45, 7) is 3.64. The second-order valence-corrected chi connectivity index (χ2v) is 6.82. The molecule has 8 nitrogen and oxygen atoms in total. The fourth-order valence-corrected chi connectivity index (χ4v) is 3.33. The van der Waals surface area contributed by atoms with Crippen LogP contribution in [0, 0.1) is 13.8 Å². The fourth-order valence-electron chi connectivity index (χ4n) is 3.33. The summed E-state index contributed by atoms with van der Waals surface area (Å²) in [6.07, 6.45) is 0.524. The van der Waals surface area contributed by atoms with Crippen molar-refractivity contribution in [3.8, 4) is 0 Å². The summed E-state index contributed by atoms with van der Waals surface area (Å²) in [5, 5.41) is 14.8. The van der Waals surface area contributed by atoms with Gasteiger partial charge in [0.25, 0.3) is 5.56 Å². The Bertz CT molecular complexity index is 1130. The number of carbonyl (C=O) groups excluding carboxylic acids is 1. The number of rotatable bonds is 6. The first-order valence-corrected chi connectivity index (χ1v) is 8.91. The number of amides is 1. The van der Waals surface area contributed by atoms with Gasteiger partial charge in [0.1, 0.15) is 0 Å². The first-order chi connectivity index (χ1) is 13.3. The van der Waals surface area contributed by atoms with Crippen LogP contribution in [0.3, 0.4) is 0 Å². The Morgan fingerprint density at radius 1 is 1.29 bits per heavy atom. The molecule has 3 N–H and O–H groups in total. The van der Waals surface area contributed by atoms with E-state index >= 15 is 0 Å². The van der Waals surface area contributed by atoms with Crippen molar-refractivity contribution >= 4 is 28.6 Å². The number of aromatic nitrogens is 3. The highest BCUT2D eigenvalue weighted by Gasteiger charge is 2.17. The minimum atomic E-state index is -0.862. The van der Waals surface area contributed by atoms with E-state index in [9.17, 15) is 14.4 Å². The number of pyridine rings is 1. The lowest BCUT2D eigenvalue weighted by molar-refractivity contribution is -0.137. The van der Waals surface area contributed by atoms with Gasteiger partial charge in [-0.2, -0.15) is 0 Å². The van der Waals surface area contributed by atoms with Crippen LogP contribution in [0.25, 0.3) is 11.0 Å². The molecule has 1 amide bonds. The van der Waals surface area contributed by atoms with Crippen LogP contribution in [0.1, 0.15) is 28.8 Å². The number of nitrogens with zero attached hydrogens (tertiary/aromatic N) is 2. The standard InChI is InChI=1S/C20H22N4O4/c1-11-15(12(2)21-19-18(11)20(28)23-24(19)3)10-16(25)22-14-6-4-5-13(9-14)7-8-17(26)27/h4-6,9H,7-8,10H2,1-3H3,(H,22,25)(H,23,28)(H,26,27). The molecular weight excluding hydrogens is 360 g/mol. The summed E-state index contributed by atoms with van der Waals surface area (Å²) in [5.41, 5.74) is 3.95. The number of aliphatic carboxylic acids is 1. The van der Waals surface area contributed by atoms with Gasteiger partial charge < -0.3 is 10.4 Å². The largest absolute Gasteiger partial charge is 0.481 e. The third kappa shape index (κ3) is 3.95. The maximum Gasteiger partial charge on any atom is 0.303 e. The lowest BCUT2D eigenvalue weighted by Crippen LogP contribution is -2.17. The summed E-state index contributed by atoms with van der Waals surface area (Å²) in [7, 11) is 1.72. The maximum atomic E-state index is 12.6. The predicted octanol–water partition coefficient (Wildman–Crippen LogP) is 2.08. The van der Waals surface area contributed by atoms with Gasteiger partial charge in [0.15, 0.2) is 5.65 Å². The molecule has 0 fully saturated rings. The number of carboxylic acids is 1. The minimum absolute atomic E-state index is 0.0348. The molecular formula is C20H22N4O4. The number of carbonyl (C=O) groups is 2. The number of nitrogens with one attached hydrogen (secondary N) is 2. The van der Waals surface area contributed by atoms with Gasteiger partial charge in [0.2, 0.25) is 5.91 Å². The molecule has 28 heavy (non-hydrogen) atoms. The summed E-state index contributed by atoms with van der Waals surface area (Å²) >= 11 is 0. The van der Waals surface area contributed by atoms with E-state index in [0.29, 0.717) is 28.8 Å². The van der Waals surface area contributed by atoms with Crippen molar-refractivity contribution in [1.29, 1.82) is 0 Å². The molecule has 0 unspecified atom stereocenters. The molecule has 3 rings (SSSR count). The smallest absolute Gasteiger partial charge is 0.303 e. The second-order valence-electron chi connectivity index (χ2n) is 6.82. The number of anilines is 1. The Morgan fingerprint density at radius 2 is 2.04 bits per heavy atom. The van der Waals surface area contributed by atoms with Gasteiger partial charge in [-0.3, -0.25) is 24.2 Å². The van der Waals surface area contributed by atoms with E-state index in [-0.39, 0.29) is 24.3 Å². The molecule has 0 aliphatic rings. The quantitative estimate of drug-likeness (QED) is 0.603. The fraction of sp³-hybridized carbons (Fsp3) is 0.300. The second kappa shape index (κ2) is 7.67. The molecule has 2 aromatic heterocycles. The summed E-state index contributed by atoms with van der Waals surface area (Å²) in [5.74, 6) is -1.09. The number of fused-ring (bicyclic) bond motifs is 1. The van der Waals surface area contributed by atoms with Crippen LogP contribution in [-0.4, -0.2) is 31.7 Å². The molecule has 0 saturated carbocycles. The highest BCUT2D eigenvalue weighted by Crippen LogP contribution is 2.21. The lowest BCUT2D eigenvalue weighted by Gasteiger charge is -2.11. The van der Waals surface area contributed by atoms with Crippen LogP contribution in [0.15, 0.2) is 29.1 Å². The van der Waals surface area contributed by atoms with Crippen molar-refractivity contribution in [2.75, 3.05) is 5.32 Å². The maximum absolute atomic E-state index is 12.6. The van der Waals surface area contributed by atoms with Crippen LogP contribution < -0.4 is 10.9 Å². The molecule has 0 bridgehead atoms. The lowest BCUT2D eigenvalue weighted by atomic mass is 10.0. The summed E-state index contributed by atoms with van der Waals surface area (Å²) < 4.78 is 1.57. The minimum Gasteiger partial charge on any atom is -0.481 e. The Balaban J connectivity index is 1.80. The zero-order chi connectivity index (χ0) is 20.4. The Labute approximate surface area is 161 Å². The van der Waals surface area contributed by atoms with E-state index in [1.165, 1.54) is 0 Å². The van der Waals surface area contributed by atoms with E-state index < -0.39 is 5.97 Å². The van der Waals surface area contributed by atoms with E-state index in [0.717, 1.165) is 16.7 Å². The third-order valence-electron chi connectivity index (χ3n) is 4.75. The average molecular weight is 382 g/mol. The summed E-state index contributed by atoms with van der Waals surface area (Å²) in [6, 6.07) is 7.13. The van der Waals surface area contributed by atoms with Crippen molar-refractivity contribution in [2.45, 2.75) is 33.1 Å². The average Bonchev–Trinajstić information content (AvgIpc) is 2.90. The Kier molecular flexibility index (Phi) is 5.30. The van der Waals surface area contributed by atoms with Crippen LogP contribution >= 0.6 is 0 Å². The number of benzene rings is 1. The van der Waals surface area contributed by atoms with E-state index in [1.54, 1.807) is 29.9 Å². The number of H-pyrrole nitrogens is 1. The molecule has 3 aromatic rings. The van der Waals surface area contributed by atoms with Crippen molar-refractivity contribution in [3.05, 3.63) is 57.0 Å². The van der Waals surface area contributed by atoms with E-state index in [4.69, 9.17) is 5.11 Å². The van der Waals surface area contributed by atoms with Crippen molar-refractivity contribution in [3.63, 3.8) is 0 Å². The molecule has 1 aromatic carbocycles. The van der Waals surface area contributed by atoms with Gasteiger partial charge in [0, 0.05) is 24.8 Å². The normalized spacial score (nSPS) is 11.0. The Morgan fingerprint density at radius 3 is 2.75 bits per heavy atom. The van der Waals surface area contributed by atoms with Crippen molar-refractivity contribution < 1.29 is 14.7 Å². The molecule has 0 aliphatic heterocycles. The number of hydrogen-bond acceptors (Lipinski definition) is 4. The topological polar surface area (TPSA) is 117 Å². The Hall–Kier alpha value is -3.42. The van der Waals surface area contributed by atoms with Crippen LogP contribution in [0.4, 0.5) is 5.69 Å². The molecule has 2 heterocycles. The van der Waals surface area contributed by atoms with E-state index in [2.05, 4.69) is 15.4 Å². The summed E-state index contributed by atoms with van der Waals surface area (Å²) in [4.78, 5) is 39.9.